The summed E-state index contributed by atoms with van der Waals surface area (Å²) in [5, 5.41) is 0.797. The normalized spacial score (nSPS) is 15.4. The Kier molecular flexibility index (Phi) is 7.40. The van der Waals surface area contributed by atoms with Crippen molar-refractivity contribution in [1.82, 2.24) is 9.88 Å². The Labute approximate surface area is 199 Å². The quantitative estimate of drug-likeness (QED) is 0.424. The van der Waals surface area contributed by atoms with Crippen molar-refractivity contribution < 1.29 is 18.7 Å². The Morgan fingerprint density at radius 1 is 1.15 bits per heavy atom. The molecule has 34 heavy (non-hydrogen) atoms. The summed E-state index contributed by atoms with van der Waals surface area (Å²) < 4.78 is 19.1. The first-order valence-corrected chi connectivity index (χ1v) is 11.8. The average Bonchev–Trinajstić information content (AvgIpc) is 2.85. The summed E-state index contributed by atoms with van der Waals surface area (Å²) in [5.41, 5.74) is 1.46. The van der Waals surface area contributed by atoms with Gasteiger partial charge in [0.05, 0.1) is 5.52 Å². The molecule has 1 aliphatic heterocycles. The maximum Gasteiger partial charge on any atom is 0.415 e. The zero-order chi connectivity index (χ0) is 24.1. The first kappa shape index (κ1) is 23.7. The molecule has 0 spiro atoms. The monoisotopic (exact) mass is 463 g/mol. The predicted octanol–water partition coefficient (Wildman–Crippen LogP) is 5.66. The number of nitrogens with zero attached hydrogens (tertiary/aromatic N) is 3. The van der Waals surface area contributed by atoms with Crippen molar-refractivity contribution in [3.8, 4) is 5.75 Å². The van der Waals surface area contributed by atoms with Crippen LogP contribution in [0.15, 0.2) is 60.8 Å². The van der Waals surface area contributed by atoms with E-state index in [2.05, 4.69) is 18.8 Å². The van der Waals surface area contributed by atoms with Crippen LogP contribution in [0, 0.1) is 17.7 Å². The largest absolute Gasteiger partial charge is 0.415 e. The molecule has 0 aliphatic carbocycles. The summed E-state index contributed by atoms with van der Waals surface area (Å²) in [6.45, 7) is 5.37. The molecule has 2 amide bonds. The maximum absolute atomic E-state index is 13.4. The Bertz CT molecular complexity index is 1120. The number of likely N-dealkylation sites (tertiary alicyclic amines) is 1. The number of halogens is 1. The molecule has 0 bridgehead atoms. The van der Waals surface area contributed by atoms with E-state index in [4.69, 9.17) is 4.74 Å². The summed E-state index contributed by atoms with van der Waals surface area (Å²) in [7, 11) is 0. The van der Waals surface area contributed by atoms with E-state index in [-0.39, 0.29) is 23.9 Å². The lowest BCUT2D eigenvalue weighted by Crippen LogP contribution is -2.47. The molecule has 0 N–H and O–H groups in total. The molecule has 1 fully saturated rings. The molecule has 1 saturated heterocycles. The minimum atomic E-state index is -0.374. The van der Waals surface area contributed by atoms with Crippen molar-refractivity contribution in [2.75, 3.05) is 18.0 Å². The highest BCUT2D eigenvalue weighted by Crippen LogP contribution is 2.32. The van der Waals surface area contributed by atoms with Crippen LogP contribution in [0.5, 0.6) is 5.75 Å². The standard InChI is InChI=1S/C27H30FN3O3/c1-19(2)17-25(31(18-32)22-9-7-21(28)8-10-22)20-12-15-30(16-13-20)27(33)34-26-11-14-29-24-6-4-3-5-23(24)26/h3-11,14,18-20,25H,12-13,15-17H2,1-2H3. The molecule has 1 aromatic heterocycles. The predicted molar refractivity (Wildman–Crippen MR) is 130 cm³/mol. The molecule has 1 unspecified atom stereocenters. The van der Waals surface area contributed by atoms with Gasteiger partial charge in [-0.3, -0.25) is 9.78 Å². The van der Waals surface area contributed by atoms with Crippen LogP contribution < -0.4 is 9.64 Å². The number of hydrogen-bond donors (Lipinski definition) is 0. The van der Waals surface area contributed by atoms with E-state index in [1.54, 1.807) is 34.2 Å². The van der Waals surface area contributed by atoms with Crippen LogP contribution in [-0.4, -0.2) is 41.5 Å². The molecule has 3 aromatic rings. The lowest BCUT2D eigenvalue weighted by atomic mass is 9.84. The molecular formula is C27H30FN3O3. The van der Waals surface area contributed by atoms with Crippen molar-refractivity contribution in [1.29, 1.82) is 0 Å². The van der Waals surface area contributed by atoms with E-state index in [1.807, 2.05) is 24.3 Å². The van der Waals surface area contributed by atoms with Gasteiger partial charge in [0.1, 0.15) is 11.6 Å². The van der Waals surface area contributed by atoms with Gasteiger partial charge in [-0.15, -0.1) is 0 Å². The molecule has 1 atom stereocenters. The highest BCUT2D eigenvalue weighted by Gasteiger charge is 2.33. The van der Waals surface area contributed by atoms with E-state index in [9.17, 15) is 14.0 Å². The maximum atomic E-state index is 13.4. The highest BCUT2D eigenvalue weighted by atomic mass is 19.1. The Morgan fingerprint density at radius 2 is 1.85 bits per heavy atom. The summed E-state index contributed by atoms with van der Waals surface area (Å²) in [5.74, 6) is 0.780. The minimum absolute atomic E-state index is 0.0229. The van der Waals surface area contributed by atoms with E-state index >= 15 is 0 Å². The van der Waals surface area contributed by atoms with Gasteiger partial charge in [0.15, 0.2) is 0 Å². The third-order valence-corrected chi connectivity index (χ3v) is 6.46. The fraction of sp³-hybridized carbons (Fsp3) is 0.370. The Balaban J connectivity index is 1.44. The topological polar surface area (TPSA) is 62.7 Å². The SMILES string of the molecule is CC(C)CC(C1CCN(C(=O)Oc2ccnc3ccccc23)CC1)N(C=O)c1ccc(F)cc1. The van der Waals surface area contributed by atoms with Crippen LogP contribution in [0.4, 0.5) is 14.9 Å². The number of hydrogen-bond acceptors (Lipinski definition) is 4. The smallest absolute Gasteiger partial charge is 0.409 e. The number of carbonyl (C=O) groups is 2. The molecule has 6 nitrogen and oxygen atoms in total. The lowest BCUT2D eigenvalue weighted by Gasteiger charge is -2.40. The number of amides is 2. The van der Waals surface area contributed by atoms with Gasteiger partial charge in [0.25, 0.3) is 0 Å². The zero-order valence-electron chi connectivity index (χ0n) is 19.6. The van der Waals surface area contributed by atoms with Crippen molar-refractivity contribution in [3.05, 3.63) is 66.6 Å². The average molecular weight is 464 g/mol. The first-order valence-electron chi connectivity index (χ1n) is 11.8. The Morgan fingerprint density at radius 3 is 2.53 bits per heavy atom. The molecule has 4 rings (SSSR count). The van der Waals surface area contributed by atoms with E-state index in [1.165, 1.54) is 12.1 Å². The highest BCUT2D eigenvalue weighted by molar-refractivity contribution is 5.87. The number of benzene rings is 2. The van der Waals surface area contributed by atoms with Crippen molar-refractivity contribution in [2.24, 2.45) is 11.8 Å². The van der Waals surface area contributed by atoms with E-state index in [0.29, 0.717) is 30.4 Å². The van der Waals surface area contributed by atoms with Gasteiger partial charge in [0, 0.05) is 36.4 Å². The Hall–Kier alpha value is -3.48. The summed E-state index contributed by atoms with van der Waals surface area (Å²) in [6, 6.07) is 15.3. The van der Waals surface area contributed by atoms with Gasteiger partial charge >= 0.3 is 6.09 Å². The fourth-order valence-corrected chi connectivity index (χ4v) is 4.74. The number of anilines is 1. The van der Waals surface area contributed by atoms with Gasteiger partial charge in [-0.25, -0.2) is 9.18 Å². The second kappa shape index (κ2) is 10.6. The van der Waals surface area contributed by atoms with Crippen LogP contribution in [0.3, 0.4) is 0 Å². The third kappa shape index (κ3) is 5.35. The van der Waals surface area contributed by atoms with Gasteiger partial charge in [0.2, 0.25) is 6.41 Å². The second-order valence-corrected chi connectivity index (χ2v) is 9.20. The zero-order valence-corrected chi connectivity index (χ0v) is 19.6. The summed E-state index contributed by atoms with van der Waals surface area (Å²) in [4.78, 5) is 32.7. The molecular weight excluding hydrogens is 433 g/mol. The molecule has 1 aliphatic rings. The number of ether oxygens (including phenoxy) is 1. The number of para-hydroxylation sites is 1. The van der Waals surface area contributed by atoms with Crippen LogP contribution in [0.25, 0.3) is 10.9 Å². The van der Waals surface area contributed by atoms with Crippen LogP contribution in [0.1, 0.15) is 33.1 Å². The summed E-state index contributed by atoms with van der Waals surface area (Å²) in [6.07, 6.45) is 4.45. The molecule has 0 radical (unpaired) electrons. The van der Waals surface area contributed by atoms with Crippen molar-refractivity contribution in [3.63, 3.8) is 0 Å². The minimum Gasteiger partial charge on any atom is -0.409 e. The van der Waals surface area contributed by atoms with E-state index in [0.717, 1.165) is 36.6 Å². The van der Waals surface area contributed by atoms with Crippen molar-refractivity contribution in [2.45, 2.75) is 39.2 Å². The van der Waals surface area contributed by atoms with Crippen LogP contribution >= 0.6 is 0 Å². The van der Waals surface area contributed by atoms with Gasteiger partial charge in [-0.1, -0.05) is 26.0 Å². The molecule has 2 aromatic carbocycles. The van der Waals surface area contributed by atoms with E-state index < -0.39 is 0 Å². The first-order chi connectivity index (χ1) is 16.5. The second-order valence-electron chi connectivity index (χ2n) is 9.20. The summed E-state index contributed by atoms with van der Waals surface area (Å²) >= 11 is 0. The van der Waals surface area contributed by atoms with Gasteiger partial charge in [-0.2, -0.15) is 0 Å². The molecule has 2 heterocycles. The van der Waals surface area contributed by atoms with Crippen molar-refractivity contribution >= 4 is 29.1 Å². The number of rotatable bonds is 7. The lowest BCUT2D eigenvalue weighted by molar-refractivity contribution is -0.108. The fourth-order valence-electron chi connectivity index (χ4n) is 4.74. The number of piperidine rings is 1. The number of pyridine rings is 1. The van der Waals surface area contributed by atoms with Crippen LogP contribution in [0.2, 0.25) is 0 Å². The number of carbonyl (C=O) groups excluding carboxylic acids is 2. The molecule has 0 saturated carbocycles. The third-order valence-electron chi connectivity index (χ3n) is 6.46. The number of aromatic nitrogens is 1. The van der Waals surface area contributed by atoms with Crippen LogP contribution in [-0.2, 0) is 4.79 Å². The van der Waals surface area contributed by atoms with Gasteiger partial charge in [-0.05, 0) is 73.6 Å². The molecule has 7 heteroatoms. The van der Waals surface area contributed by atoms with Gasteiger partial charge < -0.3 is 14.5 Å². The molecule has 178 valence electrons. The number of fused-ring (bicyclic) bond motifs is 1.